The van der Waals surface area contributed by atoms with Crippen molar-refractivity contribution in [2.24, 2.45) is 0 Å². The van der Waals surface area contributed by atoms with Crippen LogP contribution in [0.15, 0.2) is 18.3 Å². The molecule has 0 saturated heterocycles. The molecule has 2 rings (SSSR count). The van der Waals surface area contributed by atoms with Crippen molar-refractivity contribution in [3.8, 4) is 0 Å². The van der Waals surface area contributed by atoms with Gasteiger partial charge in [-0.1, -0.05) is 0 Å². The molecular formula is C16H24N2O4. The average Bonchev–Trinajstić information content (AvgIpc) is 3.04. The van der Waals surface area contributed by atoms with Crippen molar-refractivity contribution >= 4 is 12.1 Å². The van der Waals surface area contributed by atoms with Crippen LogP contribution in [-0.2, 0) is 20.8 Å². The number of H-pyrrole nitrogens is 1. The van der Waals surface area contributed by atoms with Gasteiger partial charge in [0.15, 0.2) is 0 Å². The molecule has 1 aromatic rings. The van der Waals surface area contributed by atoms with Crippen molar-refractivity contribution in [1.29, 1.82) is 0 Å². The smallest absolute Gasteiger partial charge is 0.411 e. The molecule has 1 saturated carbocycles. The van der Waals surface area contributed by atoms with Crippen LogP contribution in [0.2, 0.25) is 0 Å². The molecule has 0 atom stereocenters. The molecule has 6 heteroatoms. The minimum absolute atomic E-state index is 0.292. The van der Waals surface area contributed by atoms with E-state index in [1.807, 2.05) is 32.9 Å². The summed E-state index contributed by atoms with van der Waals surface area (Å²) in [5, 5.41) is 0. The molecule has 0 aliphatic heterocycles. The highest BCUT2D eigenvalue weighted by molar-refractivity contribution is 5.89. The van der Waals surface area contributed by atoms with E-state index in [9.17, 15) is 9.59 Å². The van der Waals surface area contributed by atoms with Gasteiger partial charge in [-0.15, -0.1) is 0 Å². The van der Waals surface area contributed by atoms with Crippen LogP contribution in [0.25, 0.3) is 0 Å². The Bertz CT molecular complexity index is 527. The van der Waals surface area contributed by atoms with Crippen LogP contribution >= 0.6 is 0 Å². The Kier molecular flexibility index (Phi) is 4.49. The molecule has 1 amide bonds. The van der Waals surface area contributed by atoms with Crippen LogP contribution in [0.3, 0.4) is 0 Å². The molecule has 122 valence electrons. The lowest BCUT2D eigenvalue weighted by molar-refractivity contribution is -0.151. The summed E-state index contributed by atoms with van der Waals surface area (Å²) in [4.78, 5) is 29.4. The van der Waals surface area contributed by atoms with E-state index in [1.54, 1.807) is 13.1 Å². The number of rotatable bonds is 5. The third kappa shape index (κ3) is 3.61. The van der Waals surface area contributed by atoms with Crippen LogP contribution in [0.1, 0.15) is 46.2 Å². The standard InChI is InChI=1S/C16H24N2O4/c1-5-21-13(19)16(8-9-16)18(11-12-7-6-10-17-12)14(20)22-15(2,3)4/h6-7,10,17H,5,8-9,11H2,1-4H3. The van der Waals surface area contributed by atoms with Gasteiger partial charge >= 0.3 is 12.1 Å². The van der Waals surface area contributed by atoms with Crippen molar-refractivity contribution in [3.63, 3.8) is 0 Å². The Balaban J connectivity index is 2.22. The largest absolute Gasteiger partial charge is 0.464 e. The van der Waals surface area contributed by atoms with E-state index in [0.717, 1.165) is 5.69 Å². The van der Waals surface area contributed by atoms with Crippen molar-refractivity contribution in [2.75, 3.05) is 6.61 Å². The lowest BCUT2D eigenvalue weighted by Gasteiger charge is -2.32. The summed E-state index contributed by atoms with van der Waals surface area (Å²) in [6.45, 7) is 7.77. The summed E-state index contributed by atoms with van der Waals surface area (Å²) in [6.07, 6.45) is 2.50. The van der Waals surface area contributed by atoms with E-state index in [1.165, 1.54) is 4.90 Å². The molecule has 0 aromatic carbocycles. The van der Waals surface area contributed by atoms with Gasteiger partial charge in [0.25, 0.3) is 0 Å². The van der Waals surface area contributed by atoms with Gasteiger partial charge in [0.1, 0.15) is 11.1 Å². The lowest BCUT2D eigenvalue weighted by Crippen LogP contribution is -2.49. The number of ether oxygens (including phenoxy) is 2. The first-order valence-electron chi connectivity index (χ1n) is 7.58. The summed E-state index contributed by atoms with van der Waals surface area (Å²) in [7, 11) is 0. The average molecular weight is 308 g/mol. The highest BCUT2D eigenvalue weighted by Crippen LogP contribution is 2.44. The number of hydrogen-bond donors (Lipinski definition) is 1. The monoisotopic (exact) mass is 308 g/mol. The number of esters is 1. The minimum Gasteiger partial charge on any atom is -0.464 e. The number of carbonyl (C=O) groups is 2. The third-order valence-electron chi connectivity index (χ3n) is 3.50. The fourth-order valence-corrected chi connectivity index (χ4v) is 2.31. The summed E-state index contributed by atoms with van der Waals surface area (Å²) in [6, 6.07) is 3.73. The fraction of sp³-hybridized carbons (Fsp3) is 0.625. The molecule has 1 fully saturated rings. The lowest BCUT2D eigenvalue weighted by atomic mass is 10.2. The summed E-state index contributed by atoms with van der Waals surface area (Å²) in [5.74, 6) is -0.354. The SMILES string of the molecule is CCOC(=O)C1(N(Cc2ccc[nH]2)C(=O)OC(C)(C)C)CC1. The molecule has 6 nitrogen and oxygen atoms in total. The van der Waals surface area contributed by atoms with E-state index >= 15 is 0 Å². The van der Waals surface area contributed by atoms with E-state index in [0.29, 0.717) is 26.0 Å². The number of hydrogen-bond acceptors (Lipinski definition) is 4. The fourth-order valence-electron chi connectivity index (χ4n) is 2.31. The number of amides is 1. The second-order valence-corrected chi connectivity index (χ2v) is 6.51. The Morgan fingerprint density at radius 1 is 1.36 bits per heavy atom. The zero-order valence-electron chi connectivity index (χ0n) is 13.6. The first kappa shape index (κ1) is 16.4. The predicted molar refractivity (Wildman–Crippen MR) is 81.2 cm³/mol. The van der Waals surface area contributed by atoms with E-state index in [4.69, 9.17) is 9.47 Å². The number of aromatic nitrogens is 1. The number of nitrogens with zero attached hydrogens (tertiary/aromatic N) is 1. The van der Waals surface area contributed by atoms with Crippen molar-refractivity contribution in [2.45, 2.75) is 58.2 Å². The highest BCUT2D eigenvalue weighted by Gasteiger charge is 2.58. The van der Waals surface area contributed by atoms with E-state index in [-0.39, 0.29) is 5.97 Å². The maximum Gasteiger partial charge on any atom is 0.411 e. The molecule has 1 heterocycles. The third-order valence-corrected chi connectivity index (χ3v) is 3.50. The molecule has 1 aromatic heterocycles. The van der Waals surface area contributed by atoms with Crippen molar-refractivity contribution in [3.05, 3.63) is 24.0 Å². The maximum absolute atomic E-state index is 12.6. The number of nitrogens with one attached hydrogen (secondary N) is 1. The minimum atomic E-state index is -0.885. The van der Waals surface area contributed by atoms with Crippen LogP contribution in [0.5, 0.6) is 0 Å². The molecule has 0 radical (unpaired) electrons. The van der Waals surface area contributed by atoms with Gasteiger partial charge in [0, 0.05) is 11.9 Å². The molecule has 0 unspecified atom stereocenters. The molecule has 1 aliphatic rings. The zero-order valence-corrected chi connectivity index (χ0v) is 13.6. The first-order valence-corrected chi connectivity index (χ1v) is 7.58. The Morgan fingerprint density at radius 3 is 2.50 bits per heavy atom. The molecular weight excluding hydrogens is 284 g/mol. The maximum atomic E-state index is 12.6. The predicted octanol–water partition coefficient (Wildman–Crippen LogP) is 2.85. The van der Waals surface area contributed by atoms with Crippen LogP contribution in [0, 0.1) is 0 Å². The Hall–Kier alpha value is -1.98. The quantitative estimate of drug-likeness (QED) is 0.849. The van der Waals surface area contributed by atoms with Crippen LogP contribution in [0.4, 0.5) is 4.79 Å². The van der Waals surface area contributed by atoms with Gasteiger partial charge in [-0.3, -0.25) is 4.90 Å². The van der Waals surface area contributed by atoms with Gasteiger partial charge in [-0.2, -0.15) is 0 Å². The molecule has 1 N–H and O–H groups in total. The van der Waals surface area contributed by atoms with Gasteiger partial charge in [-0.25, -0.2) is 9.59 Å². The topological polar surface area (TPSA) is 71.6 Å². The van der Waals surface area contributed by atoms with Crippen LogP contribution in [-0.4, -0.2) is 39.7 Å². The van der Waals surface area contributed by atoms with Gasteiger partial charge in [-0.05, 0) is 52.7 Å². The second-order valence-electron chi connectivity index (χ2n) is 6.51. The van der Waals surface area contributed by atoms with Crippen molar-refractivity contribution in [1.82, 2.24) is 9.88 Å². The zero-order chi connectivity index (χ0) is 16.4. The molecule has 0 spiro atoms. The van der Waals surface area contributed by atoms with Gasteiger partial charge in [0.2, 0.25) is 0 Å². The molecule has 0 bridgehead atoms. The Morgan fingerprint density at radius 2 is 2.05 bits per heavy atom. The second kappa shape index (κ2) is 6.02. The molecule has 22 heavy (non-hydrogen) atoms. The van der Waals surface area contributed by atoms with Crippen molar-refractivity contribution < 1.29 is 19.1 Å². The number of aromatic amines is 1. The summed E-state index contributed by atoms with van der Waals surface area (Å²) >= 11 is 0. The molecule has 1 aliphatic carbocycles. The van der Waals surface area contributed by atoms with Gasteiger partial charge in [0.05, 0.1) is 13.2 Å². The van der Waals surface area contributed by atoms with E-state index in [2.05, 4.69) is 4.98 Å². The summed E-state index contributed by atoms with van der Waals surface area (Å²) < 4.78 is 10.6. The van der Waals surface area contributed by atoms with Gasteiger partial charge < -0.3 is 14.5 Å². The van der Waals surface area contributed by atoms with Crippen LogP contribution < -0.4 is 0 Å². The van der Waals surface area contributed by atoms with E-state index < -0.39 is 17.2 Å². The first-order chi connectivity index (χ1) is 10.3. The normalized spacial score (nSPS) is 16.0. The Labute approximate surface area is 130 Å². The number of carbonyl (C=O) groups excluding carboxylic acids is 2. The summed E-state index contributed by atoms with van der Waals surface area (Å²) in [5.41, 5.74) is -0.652. The highest BCUT2D eigenvalue weighted by atomic mass is 16.6.